The van der Waals surface area contributed by atoms with Crippen LogP contribution in [0.5, 0.6) is 0 Å². The van der Waals surface area contributed by atoms with E-state index in [2.05, 4.69) is 15.1 Å². The van der Waals surface area contributed by atoms with Crippen LogP contribution in [0.3, 0.4) is 0 Å². The van der Waals surface area contributed by atoms with Gasteiger partial charge in [-0.1, -0.05) is 0 Å². The summed E-state index contributed by atoms with van der Waals surface area (Å²) < 4.78 is 2.02. The molecule has 0 aliphatic carbocycles. The van der Waals surface area contributed by atoms with Gasteiger partial charge in [-0.2, -0.15) is 5.26 Å². The molecule has 1 unspecified atom stereocenters. The summed E-state index contributed by atoms with van der Waals surface area (Å²) >= 11 is 0. The minimum atomic E-state index is -0.413. The fraction of sp³-hybridized carbons (Fsp3) is 0.625. The van der Waals surface area contributed by atoms with Crippen LogP contribution in [0.15, 0.2) is 6.33 Å². The molecule has 2 N–H and O–H groups in total. The summed E-state index contributed by atoms with van der Waals surface area (Å²) in [5.74, 6) is 0.946. The maximum absolute atomic E-state index is 8.59. The maximum Gasteiger partial charge on any atom is 0.147 e. The Kier molecular flexibility index (Phi) is 2.43. The lowest BCUT2D eigenvalue weighted by Gasteiger charge is -2.27. The maximum atomic E-state index is 8.59. The lowest BCUT2D eigenvalue weighted by molar-refractivity contribution is 0.214. The van der Waals surface area contributed by atoms with E-state index in [9.17, 15) is 0 Å². The number of rotatable bonds is 2. The van der Waals surface area contributed by atoms with Crippen molar-refractivity contribution in [2.24, 2.45) is 5.73 Å². The van der Waals surface area contributed by atoms with Crippen LogP contribution in [0, 0.1) is 11.3 Å². The fourth-order valence-electron chi connectivity index (χ4n) is 1.59. The van der Waals surface area contributed by atoms with Crippen molar-refractivity contribution in [1.29, 1.82) is 5.26 Å². The van der Waals surface area contributed by atoms with Crippen LogP contribution < -0.4 is 5.73 Å². The summed E-state index contributed by atoms with van der Waals surface area (Å²) in [6.45, 7) is 3.11. The standard InChI is InChI=1S/C8H12N6/c9-3-7(10)4-13-1-2-14-6-11-12-8(14)5-13/h6-7H,1-2,4-5,10H2. The molecular formula is C8H12N6. The van der Waals surface area contributed by atoms with Crippen molar-refractivity contribution in [2.75, 3.05) is 13.1 Å². The molecule has 1 aromatic heterocycles. The first-order valence-corrected chi connectivity index (χ1v) is 4.54. The van der Waals surface area contributed by atoms with Crippen LogP contribution in [0.25, 0.3) is 0 Å². The quantitative estimate of drug-likeness (QED) is 0.646. The number of aromatic nitrogens is 3. The molecule has 0 aromatic carbocycles. The summed E-state index contributed by atoms with van der Waals surface area (Å²) in [4.78, 5) is 2.12. The van der Waals surface area contributed by atoms with E-state index in [1.807, 2.05) is 10.6 Å². The molecule has 0 spiro atoms. The van der Waals surface area contributed by atoms with E-state index in [4.69, 9.17) is 11.0 Å². The molecule has 2 rings (SSSR count). The third-order valence-corrected chi connectivity index (χ3v) is 2.34. The minimum Gasteiger partial charge on any atom is -0.315 e. The smallest absolute Gasteiger partial charge is 0.147 e. The molecule has 0 saturated carbocycles. The van der Waals surface area contributed by atoms with Gasteiger partial charge >= 0.3 is 0 Å². The molecular weight excluding hydrogens is 180 g/mol. The second kappa shape index (κ2) is 3.74. The van der Waals surface area contributed by atoms with Crippen LogP contribution in [0.1, 0.15) is 5.82 Å². The fourth-order valence-corrected chi connectivity index (χ4v) is 1.59. The zero-order chi connectivity index (χ0) is 9.97. The van der Waals surface area contributed by atoms with Crippen molar-refractivity contribution < 1.29 is 0 Å². The average Bonchev–Trinajstić information content (AvgIpc) is 2.64. The Bertz CT molecular complexity index is 351. The molecule has 0 fully saturated rings. The lowest BCUT2D eigenvalue weighted by Crippen LogP contribution is -2.41. The Morgan fingerprint density at radius 2 is 2.50 bits per heavy atom. The molecule has 2 heterocycles. The van der Waals surface area contributed by atoms with E-state index in [0.717, 1.165) is 25.5 Å². The summed E-state index contributed by atoms with van der Waals surface area (Å²) in [5.41, 5.74) is 5.55. The molecule has 1 aliphatic heterocycles. The predicted octanol–water partition coefficient (Wildman–Crippen LogP) is -1.06. The molecule has 1 aromatic rings. The van der Waals surface area contributed by atoms with Crippen LogP contribution in [-0.2, 0) is 13.1 Å². The molecule has 6 heteroatoms. The van der Waals surface area contributed by atoms with Gasteiger partial charge in [0.1, 0.15) is 18.2 Å². The number of fused-ring (bicyclic) bond motifs is 1. The van der Waals surface area contributed by atoms with Gasteiger partial charge in [-0.3, -0.25) is 4.90 Å². The summed E-state index contributed by atoms with van der Waals surface area (Å²) in [6, 6.07) is 1.61. The topological polar surface area (TPSA) is 83.8 Å². The largest absolute Gasteiger partial charge is 0.315 e. The van der Waals surface area contributed by atoms with E-state index < -0.39 is 6.04 Å². The Balaban J connectivity index is 1.98. The number of nitrogens with two attached hydrogens (primary N) is 1. The molecule has 6 nitrogen and oxygen atoms in total. The van der Waals surface area contributed by atoms with E-state index in [1.54, 1.807) is 6.33 Å². The highest BCUT2D eigenvalue weighted by Gasteiger charge is 2.18. The normalized spacial score (nSPS) is 18.6. The van der Waals surface area contributed by atoms with Crippen molar-refractivity contribution in [3.05, 3.63) is 12.2 Å². The van der Waals surface area contributed by atoms with Gasteiger partial charge in [0.25, 0.3) is 0 Å². The zero-order valence-corrected chi connectivity index (χ0v) is 7.80. The monoisotopic (exact) mass is 192 g/mol. The molecule has 0 saturated heterocycles. The van der Waals surface area contributed by atoms with Crippen molar-refractivity contribution in [2.45, 2.75) is 19.1 Å². The third kappa shape index (κ3) is 1.73. The summed E-state index contributed by atoms with van der Waals surface area (Å²) in [6.07, 6.45) is 1.73. The second-order valence-corrected chi connectivity index (χ2v) is 3.41. The molecule has 74 valence electrons. The van der Waals surface area contributed by atoms with Crippen molar-refractivity contribution in [3.8, 4) is 6.07 Å². The summed E-state index contributed by atoms with van der Waals surface area (Å²) in [5, 5.41) is 16.4. The van der Waals surface area contributed by atoms with Gasteiger partial charge in [0.05, 0.1) is 12.6 Å². The van der Waals surface area contributed by atoms with E-state index >= 15 is 0 Å². The van der Waals surface area contributed by atoms with Gasteiger partial charge in [0.15, 0.2) is 0 Å². The van der Waals surface area contributed by atoms with Crippen LogP contribution in [0.4, 0.5) is 0 Å². The Morgan fingerprint density at radius 1 is 1.64 bits per heavy atom. The lowest BCUT2D eigenvalue weighted by atomic mass is 10.3. The molecule has 14 heavy (non-hydrogen) atoms. The number of nitrogens with zero attached hydrogens (tertiary/aromatic N) is 5. The molecule has 0 radical (unpaired) electrons. The van der Waals surface area contributed by atoms with Crippen molar-refractivity contribution in [1.82, 2.24) is 19.7 Å². The van der Waals surface area contributed by atoms with Gasteiger partial charge in [0, 0.05) is 19.6 Å². The van der Waals surface area contributed by atoms with Gasteiger partial charge in [-0.15, -0.1) is 10.2 Å². The molecule has 0 bridgehead atoms. The second-order valence-electron chi connectivity index (χ2n) is 3.41. The van der Waals surface area contributed by atoms with E-state index in [1.165, 1.54) is 0 Å². The van der Waals surface area contributed by atoms with Crippen LogP contribution >= 0.6 is 0 Å². The van der Waals surface area contributed by atoms with Crippen molar-refractivity contribution >= 4 is 0 Å². The third-order valence-electron chi connectivity index (χ3n) is 2.34. The predicted molar refractivity (Wildman–Crippen MR) is 48.9 cm³/mol. The Hall–Kier alpha value is -1.45. The minimum absolute atomic E-state index is 0.413. The number of nitriles is 1. The Labute approximate surface area is 81.9 Å². The first kappa shape index (κ1) is 9.12. The van der Waals surface area contributed by atoms with Crippen molar-refractivity contribution in [3.63, 3.8) is 0 Å². The summed E-state index contributed by atoms with van der Waals surface area (Å²) in [7, 11) is 0. The highest BCUT2D eigenvalue weighted by Crippen LogP contribution is 2.08. The van der Waals surface area contributed by atoms with Crippen LogP contribution in [0.2, 0.25) is 0 Å². The zero-order valence-electron chi connectivity index (χ0n) is 7.80. The molecule has 1 aliphatic rings. The van der Waals surface area contributed by atoms with Gasteiger partial charge in [-0.25, -0.2) is 0 Å². The van der Waals surface area contributed by atoms with E-state index in [-0.39, 0.29) is 0 Å². The Morgan fingerprint density at radius 3 is 3.29 bits per heavy atom. The van der Waals surface area contributed by atoms with Crippen LogP contribution in [-0.4, -0.2) is 38.8 Å². The first-order valence-electron chi connectivity index (χ1n) is 4.54. The highest BCUT2D eigenvalue weighted by atomic mass is 15.3. The van der Waals surface area contributed by atoms with E-state index in [0.29, 0.717) is 6.54 Å². The molecule has 1 atom stereocenters. The SMILES string of the molecule is N#CC(N)CN1CCn2cnnc2C1. The number of hydrogen-bond acceptors (Lipinski definition) is 5. The highest BCUT2D eigenvalue weighted by molar-refractivity contribution is 4.94. The first-order chi connectivity index (χ1) is 6.79. The average molecular weight is 192 g/mol. The van der Waals surface area contributed by atoms with Gasteiger partial charge < -0.3 is 10.3 Å². The number of hydrogen-bond donors (Lipinski definition) is 1. The molecule has 0 amide bonds. The van der Waals surface area contributed by atoms with Gasteiger partial charge in [-0.05, 0) is 0 Å². The van der Waals surface area contributed by atoms with Gasteiger partial charge in [0.2, 0.25) is 0 Å².